The Balaban J connectivity index is 0.00000392. The van der Waals surface area contributed by atoms with Gasteiger partial charge in [0.25, 0.3) is 20.2 Å². The van der Waals surface area contributed by atoms with Gasteiger partial charge in [-0.3, -0.25) is 9.11 Å². The van der Waals surface area contributed by atoms with E-state index in [-0.39, 0.29) is 70.6 Å². The van der Waals surface area contributed by atoms with E-state index in [1.807, 2.05) is 0 Å². The van der Waals surface area contributed by atoms with E-state index in [0.717, 1.165) is 31.7 Å². The Morgan fingerprint density at radius 3 is 1.97 bits per heavy atom. The first-order valence-electron chi connectivity index (χ1n) is 8.48. The Morgan fingerprint density at radius 2 is 1.38 bits per heavy atom. The molecular weight excluding hydrogens is 438 g/mol. The number of unbranched alkanes of at least 4 members (excludes halogenated alkanes) is 3. The molecule has 0 bridgehead atoms. The van der Waals surface area contributed by atoms with E-state index in [1.54, 1.807) is 6.07 Å². The monoisotopic (exact) mass is 460 g/mol. The third-order valence-electron chi connectivity index (χ3n) is 3.98. The third-order valence-corrected chi connectivity index (χ3v) is 5.75. The zero-order valence-electron chi connectivity index (χ0n) is 16.8. The standard InChI is InChI=1S/C18H22O7S2.2Na/c1-2-3-4-5-9-14-10-8-13-17(27(22,23)24)18(14)25-15-11-6-7-12-16(15)26(19,20)21;;/h6-8,10-13H,2-5,9H2,1H3,(H,19,20,21)(H,22,23,24);;. The van der Waals surface area contributed by atoms with Gasteiger partial charge in [-0.15, -0.1) is 0 Å². The predicted molar refractivity (Wildman–Crippen MR) is 112 cm³/mol. The van der Waals surface area contributed by atoms with Crippen LogP contribution in [0.15, 0.2) is 52.3 Å². The minimum absolute atomic E-state index is 0. The molecule has 0 aliphatic heterocycles. The Kier molecular flexibility index (Phi) is 12.8. The molecule has 2 aromatic rings. The molecule has 0 aromatic heterocycles. The van der Waals surface area contributed by atoms with Gasteiger partial charge in [0.2, 0.25) is 0 Å². The molecule has 0 unspecified atom stereocenters. The number of hydrogen-bond acceptors (Lipinski definition) is 5. The summed E-state index contributed by atoms with van der Waals surface area (Å²) in [6.45, 7) is 2.07. The molecule has 11 heteroatoms. The van der Waals surface area contributed by atoms with E-state index in [9.17, 15) is 25.9 Å². The molecule has 0 spiro atoms. The zero-order chi connectivity index (χ0) is 20.1. The second-order valence-corrected chi connectivity index (χ2v) is 8.83. The summed E-state index contributed by atoms with van der Waals surface area (Å²) in [6.07, 6.45) is 4.27. The van der Waals surface area contributed by atoms with Crippen LogP contribution in [0, 0.1) is 0 Å². The molecule has 2 aromatic carbocycles. The maximum atomic E-state index is 11.8. The number of benzene rings is 2. The average Bonchev–Trinajstić information content (AvgIpc) is 2.58. The molecule has 29 heavy (non-hydrogen) atoms. The second-order valence-electron chi connectivity index (χ2n) is 6.05. The molecule has 0 saturated carbocycles. The normalized spacial score (nSPS) is 11.3. The first kappa shape index (κ1) is 29.1. The summed E-state index contributed by atoms with van der Waals surface area (Å²) in [6, 6.07) is 9.64. The van der Waals surface area contributed by atoms with Crippen LogP contribution in [0.4, 0.5) is 0 Å². The molecule has 2 rings (SSSR count). The third kappa shape index (κ3) is 8.60. The van der Waals surface area contributed by atoms with Crippen LogP contribution in [0.25, 0.3) is 0 Å². The van der Waals surface area contributed by atoms with Gasteiger partial charge in [0.05, 0.1) is 0 Å². The summed E-state index contributed by atoms with van der Waals surface area (Å²) in [4.78, 5) is -0.951. The van der Waals surface area contributed by atoms with Crippen LogP contribution in [0.3, 0.4) is 0 Å². The van der Waals surface area contributed by atoms with Gasteiger partial charge in [0.15, 0.2) is 5.75 Å². The fourth-order valence-electron chi connectivity index (χ4n) is 2.68. The minimum Gasteiger partial charge on any atom is -0.454 e. The van der Waals surface area contributed by atoms with Crippen molar-refractivity contribution in [3.05, 3.63) is 48.0 Å². The van der Waals surface area contributed by atoms with Crippen molar-refractivity contribution in [1.82, 2.24) is 0 Å². The van der Waals surface area contributed by atoms with Crippen molar-refractivity contribution in [2.24, 2.45) is 0 Å². The maximum Gasteiger partial charge on any atom is 0.298 e. The molecule has 7 nitrogen and oxygen atoms in total. The molecule has 150 valence electrons. The molecule has 0 amide bonds. The van der Waals surface area contributed by atoms with Crippen molar-refractivity contribution in [2.45, 2.75) is 48.8 Å². The van der Waals surface area contributed by atoms with Gasteiger partial charge in [-0.05, 0) is 36.6 Å². The molecular formula is C18H22Na2O7S2. The van der Waals surface area contributed by atoms with E-state index in [0.29, 0.717) is 12.0 Å². The molecule has 2 N–H and O–H groups in total. The van der Waals surface area contributed by atoms with E-state index in [1.165, 1.54) is 30.3 Å². The van der Waals surface area contributed by atoms with Crippen molar-refractivity contribution in [2.75, 3.05) is 0 Å². The Hall–Kier alpha value is 0.0600. The maximum absolute atomic E-state index is 11.8. The Bertz CT molecular complexity index is 1010. The molecule has 2 radical (unpaired) electrons. The van der Waals surface area contributed by atoms with Gasteiger partial charge in [0, 0.05) is 59.1 Å². The van der Waals surface area contributed by atoms with E-state index < -0.39 is 30.0 Å². The summed E-state index contributed by atoms with van der Waals surface area (Å²) in [5, 5.41) is 0. The largest absolute Gasteiger partial charge is 0.454 e. The van der Waals surface area contributed by atoms with Gasteiger partial charge < -0.3 is 4.74 Å². The van der Waals surface area contributed by atoms with Gasteiger partial charge in [-0.2, -0.15) is 16.8 Å². The van der Waals surface area contributed by atoms with Crippen LogP contribution in [0.1, 0.15) is 38.2 Å². The number of ether oxygens (including phenoxy) is 1. The van der Waals surface area contributed by atoms with Gasteiger partial charge in [0.1, 0.15) is 15.5 Å². The summed E-state index contributed by atoms with van der Waals surface area (Å²) in [5.41, 5.74) is 0.520. The minimum atomic E-state index is -4.60. The first-order valence-corrected chi connectivity index (χ1v) is 11.4. The number of aryl methyl sites for hydroxylation is 1. The van der Waals surface area contributed by atoms with Crippen molar-refractivity contribution in [3.8, 4) is 11.5 Å². The van der Waals surface area contributed by atoms with Crippen LogP contribution in [0.5, 0.6) is 11.5 Å². The topological polar surface area (TPSA) is 118 Å². The number of rotatable bonds is 9. The van der Waals surface area contributed by atoms with Crippen molar-refractivity contribution in [3.63, 3.8) is 0 Å². The van der Waals surface area contributed by atoms with Crippen LogP contribution >= 0.6 is 0 Å². The molecule has 0 fully saturated rings. The van der Waals surface area contributed by atoms with Gasteiger partial charge in [-0.25, -0.2) is 0 Å². The average molecular weight is 460 g/mol. The molecule has 0 saturated heterocycles. The summed E-state index contributed by atoms with van der Waals surface area (Å²) in [5.74, 6) is -0.376. The summed E-state index contributed by atoms with van der Waals surface area (Å²) < 4.78 is 71.2. The van der Waals surface area contributed by atoms with Gasteiger partial charge >= 0.3 is 0 Å². The van der Waals surface area contributed by atoms with Crippen LogP contribution in [0.2, 0.25) is 0 Å². The SMILES string of the molecule is CCCCCCc1cccc(S(=O)(=O)O)c1Oc1ccccc1S(=O)(=O)O.[Na].[Na]. The summed E-state index contributed by atoms with van der Waals surface area (Å²) in [7, 11) is -9.17. The Labute approximate surface area is 216 Å². The van der Waals surface area contributed by atoms with E-state index in [4.69, 9.17) is 4.74 Å². The predicted octanol–water partition coefficient (Wildman–Crippen LogP) is 3.33. The van der Waals surface area contributed by atoms with E-state index in [2.05, 4.69) is 6.92 Å². The van der Waals surface area contributed by atoms with Crippen molar-refractivity contribution < 1.29 is 30.7 Å². The quantitative estimate of drug-likeness (QED) is 0.335. The van der Waals surface area contributed by atoms with Gasteiger partial charge in [-0.1, -0.05) is 50.5 Å². The smallest absolute Gasteiger partial charge is 0.298 e. The summed E-state index contributed by atoms with van der Waals surface area (Å²) >= 11 is 0. The van der Waals surface area contributed by atoms with Crippen LogP contribution in [-0.2, 0) is 26.7 Å². The fraction of sp³-hybridized carbons (Fsp3) is 0.333. The van der Waals surface area contributed by atoms with Crippen LogP contribution < -0.4 is 4.74 Å². The molecule has 0 heterocycles. The zero-order valence-corrected chi connectivity index (χ0v) is 22.5. The molecule has 0 aliphatic carbocycles. The molecule has 0 aliphatic rings. The number of para-hydroxylation sites is 2. The van der Waals surface area contributed by atoms with Crippen molar-refractivity contribution in [1.29, 1.82) is 0 Å². The fourth-order valence-corrected chi connectivity index (χ4v) is 3.95. The van der Waals surface area contributed by atoms with E-state index >= 15 is 0 Å². The van der Waals surface area contributed by atoms with Crippen LogP contribution in [-0.4, -0.2) is 85.1 Å². The molecule has 0 atom stereocenters. The first-order chi connectivity index (χ1) is 12.6. The second kappa shape index (κ2) is 12.8. The van der Waals surface area contributed by atoms with Crippen molar-refractivity contribution >= 4 is 79.4 Å². The number of hydrogen-bond donors (Lipinski definition) is 2. The Morgan fingerprint density at radius 1 is 0.793 bits per heavy atom.